The van der Waals surface area contributed by atoms with Crippen molar-refractivity contribution in [2.45, 2.75) is 38.0 Å². The molecule has 0 aliphatic heterocycles. The highest BCUT2D eigenvalue weighted by Gasteiger charge is 2.37. The number of pyridine rings is 1. The molecule has 31 heavy (non-hydrogen) atoms. The summed E-state index contributed by atoms with van der Waals surface area (Å²) in [7, 11) is -3.74. The van der Waals surface area contributed by atoms with Crippen LogP contribution in [0.25, 0.3) is 22.5 Å². The highest BCUT2D eigenvalue weighted by atomic mass is 32.2. The van der Waals surface area contributed by atoms with E-state index in [1.807, 2.05) is 19.1 Å². The van der Waals surface area contributed by atoms with Gasteiger partial charge < -0.3 is 15.4 Å². The number of rotatable bonds is 7. The van der Waals surface area contributed by atoms with Gasteiger partial charge in [0.2, 0.25) is 10.0 Å². The molecule has 3 aromatic rings. The van der Waals surface area contributed by atoms with Crippen LogP contribution in [0.4, 0.5) is 5.82 Å². The van der Waals surface area contributed by atoms with Crippen LogP contribution >= 0.6 is 0 Å². The lowest BCUT2D eigenvalue weighted by Gasteiger charge is -2.40. The first-order valence-corrected chi connectivity index (χ1v) is 11.6. The molecule has 0 saturated heterocycles. The number of aryl methyl sites for hydroxylation is 1. The topological polar surface area (TPSA) is 131 Å². The maximum Gasteiger partial charge on any atom is 0.240 e. The molecule has 0 spiro atoms. The molecule has 2 aromatic heterocycles. The zero-order valence-electron chi connectivity index (χ0n) is 17.6. The van der Waals surface area contributed by atoms with Crippen LogP contribution in [0.2, 0.25) is 0 Å². The average Bonchev–Trinajstić information content (AvgIpc) is 3.14. The predicted molar refractivity (Wildman–Crippen MR) is 118 cm³/mol. The molecule has 1 aromatic carbocycles. The second-order valence-corrected chi connectivity index (χ2v) is 9.99. The molecule has 1 aliphatic rings. The monoisotopic (exact) mass is 442 g/mol. The summed E-state index contributed by atoms with van der Waals surface area (Å²) >= 11 is 0. The summed E-state index contributed by atoms with van der Waals surface area (Å²) in [6.07, 6.45) is 4.27. The highest BCUT2D eigenvalue weighted by Crippen LogP contribution is 2.40. The van der Waals surface area contributed by atoms with E-state index in [0.717, 1.165) is 36.1 Å². The molecule has 1 aliphatic carbocycles. The van der Waals surface area contributed by atoms with Gasteiger partial charge in [-0.2, -0.15) is 0 Å². The number of benzene rings is 1. The second-order valence-electron chi connectivity index (χ2n) is 8.25. The van der Waals surface area contributed by atoms with Gasteiger partial charge in [0.05, 0.1) is 16.2 Å². The van der Waals surface area contributed by atoms with Gasteiger partial charge in [0.15, 0.2) is 5.76 Å². The van der Waals surface area contributed by atoms with Crippen LogP contribution in [0, 0.1) is 19.3 Å². The molecule has 0 unspecified atom stereocenters. The molecule has 164 valence electrons. The van der Waals surface area contributed by atoms with Crippen molar-refractivity contribution >= 4 is 15.8 Å². The van der Waals surface area contributed by atoms with E-state index >= 15 is 0 Å². The van der Waals surface area contributed by atoms with Crippen molar-refractivity contribution < 1.29 is 18.0 Å². The van der Waals surface area contributed by atoms with Gasteiger partial charge >= 0.3 is 0 Å². The van der Waals surface area contributed by atoms with Crippen molar-refractivity contribution in [3.8, 4) is 22.5 Å². The van der Waals surface area contributed by atoms with E-state index < -0.39 is 10.0 Å². The molecule has 0 atom stereocenters. The minimum atomic E-state index is -3.74. The number of anilines is 1. The van der Waals surface area contributed by atoms with Crippen LogP contribution in [0.15, 0.2) is 45.9 Å². The first-order chi connectivity index (χ1) is 14.7. The number of nitrogen functional groups attached to an aromatic ring is 1. The van der Waals surface area contributed by atoms with Gasteiger partial charge in [-0.1, -0.05) is 23.7 Å². The Morgan fingerprint density at radius 2 is 2.00 bits per heavy atom. The SMILES string of the molecule is Cc1cc(-c2cc(-c3cccc(S(=O)(=O)NCC4(CO)CCC4)c3C)cnc2N)on1. The minimum Gasteiger partial charge on any atom is -0.396 e. The number of nitrogens with zero attached hydrogens (tertiary/aromatic N) is 2. The van der Waals surface area contributed by atoms with Crippen LogP contribution in [-0.4, -0.2) is 36.8 Å². The Morgan fingerprint density at radius 3 is 2.61 bits per heavy atom. The smallest absolute Gasteiger partial charge is 0.240 e. The Bertz CT molecular complexity index is 1210. The zero-order chi connectivity index (χ0) is 22.2. The van der Waals surface area contributed by atoms with Gasteiger partial charge in [-0.3, -0.25) is 0 Å². The van der Waals surface area contributed by atoms with E-state index in [0.29, 0.717) is 22.7 Å². The number of nitrogens with one attached hydrogen (secondary N) is 1. The molecule has 0 radical (unpaired) electrons. The van der Waals surface area contributed by atoms with E-state index in [2.05, 4.69) is 14.9 Å². The Balaban J connectivity index is 1.68. The fourth-order valence-corrected chi connectivity index (χ4v) is 5.34. The van der Waals surface area contributed by atoms with Crippen molar-refractivity contribution in [1.82, 2.24) is 14.9 Å². The molecule has 2 heterocycles. The third-order valence-electron chi connectivity index (χ3n) is 6.08. The van der Waals surface area contributed by atoms with E-state index in [-0.39, 0.29) is 23.5 Å². The van der Waals surface area contributed by atoms with E-state index in [4.69, 9.17) is 10.3 Å². The standard InChI is InChI=1S/C22H26N4O4S/c1-14-9-19(30-26-14)18-10-16(11-24-21(18)23)17-5-3-6-20(15(17)2)31(28,29)25-12-22(13-27)7-4-8-22/h3,5-6,9-11,25,27H,4,7-8,12-13H2,1-2H3,(H2,23,24). The molecular formula is C22H26N4O4S. The summed E-state index contributed by atoms with van der Waals surface area (Å²) < 4.78 is 34.1. The third kappa shape index (κ3) is 4.08. The third-order valence-corrected chi connectivity index (χ3v) is 7.63. The van der Waals surface area contributed by atoms with Gasteiger partial charge in [0.25, 0.3) is 0 Å². The number of aliphatic hydroxyl groups excluding tert-OH is 1. The molecular weight excluding hydrogens is 416 g/mol. The largest absolute Gasteiger partial charge is 0.396 e. The maximum atomic E-state index is 13.0. The molecule has 9 heteroatoms. The van der Waals surface area contributed by atoms with Gasteiger partial charge in [-0.05, 0) is 49.9 Å². The summed E-state index contributed by atoms with van der Waals surface area (Å²) in [6, 6.07) is 8.73. The Kier molecular flexibility index (Phi) is 5.59. The van der Waals surface area contributed by atoms with Gasteiger partial charge in [-0.15, -0.1) is 0 Å². The fraction of sp³-hybridized carbons (Fsp3) is 0.364. The number of nitrogens with two attached hydrogens (primary N) is 1. The molecule has 1 saturated carbocycles. The van der Waals surface area contributed by atoms with E-state index in [1.165, 1.54) is 0 Å². The van der Waals surface area contributed by atoms with Crippen molar-refractivity contribution in [2.24, 2.45) is 5.41 Å². The molecule has 4 rings (SSSR count). The zero-order valence-corrected chi connectivity index (χ0v) is 18.4. The van der Waals surface area contributed by atoms with Crippen molar-refractivity contribution in [1.29, 1.82) is 0 Å². The predicted octanol–water partition coefficient (Wildman–Crippen LogP) is 3.04. The second kappa shape index (κ2) is 8.07. The number of sulfonamides is 1. The van der Waals surface area contributed by atoms with Crippen LogP contribution < -0.4 is 10.5 Å². The van der Waals surface area contributed by atoms with Crippen LogP contribution in [0.1, 0.15) is 30.5 Å². The van der Waals surface area contributed by atoms with Crippen LogP contribution in [-0.2, 0) is 10.0 Å². The molecule has 4 N–H and O–H groups in total. The number of aliphatic hydroxyl groups is 1. The van der Waals surface area contributed by atoms with Gasteiger partial charge in [0.1, 0.15) is 5.82 Å². The maximum absolute atomic E-state index is 13.0. The number of hydrogen-bond acceptors (Lipinski definition) is 7. The van der Waals surface area contributed by atoms with E-state index in [9.17, 15) is 13.5 Å². The first kappa shape index (κ1) is 21.5. The first-order valence-electron chi connectivity index (χ1n) is 10.1. The Hall–Kier alpha value is -2.75. The average molecular weight is 443 g/mol. The number of aromatic nitrogens is 2. The van der Waals surface area contributed by atoms with Crippen molar-refractivity contribution in [3.63, 3.8) is 0 Å². The minimum absolute atomic E-state index is 0.0183. The summed E-state index contributed by atoms with van der Waals surface area (Å²) in [5, 5.41) is 13.5. The summed E-state index contributed by atoms with van der Waals surface area (Å²) in [6.45, 7) is 3.80. The molecule has 1 fully saturated rings. The number of hydrogen-bond donors (Lipinski definition) is 3. The van der Waals surface area contributed by atoms with Crippen LogP contribution in [0.5, 0.6) is 0 Å². The van der Waals surface area contributed by atoms with E-state index in [1.54, 1.807) is 31.3 Å². The Morgan fingerprint density at radius 1 is 1.23 bits per heavy atom. The van der Waals surface area contributed by atoms with Gasteiger partial charge in [0, 0.05) is 36.4 Å². The van der Waals surface area contributed by atoms with Crippen molar-refractivity contribution in [2.75, 3.05) is 18.9 Å². The van der Waals surface area contributed by atoms with Crippen LogP contribution in [0.3, 0.4) is 0 Å². The lowest BCUT2D eigenvalue weighted by molar-refractivity contribution is 0.0499. The normalized spacial score (nSPS) is 15.6. The van der Waals surface area contributed by atoms with Gasteiger partial charge in [-0.25, -0.2) is 18.1 Å². The molecule has 0 bridgehead atoms. The fourth-order valence-electron chi connectivity index (χ4n) is 3.92. The van der Waals surface area contributed by atoms with Crippen molar-refractivity contribution in [3.05, 3.63) is 47.8 Å². The summed E-state index contributed by atoms with van der Waals surface area (Å²) in [4.78, 5) is 4.47. The quantitative estimate of drug-likeness (QED) is 0.512. The lowest BCUT2D eigenvalue weighted by Crippen LogP contribution is -2.44. The summed E-state index contributed by atoms with van der Waals surface area (Å²) in [5.41, 5.74) is 9.07. The molecule has 0 amide bonds. The summed E-state index contributed by atoms with van der Waals surface area (Å²) in [5.74, 6) is 0.806. The highest BCUT2D eigenvalue weighted by molar-refractivity contribution is 7.89. The lowest BCUT2D eigenvalue weighted by atomic mass is 9.69. The Labute approximate surface area is 181 Å². The molecule has 8 nitrogen and oxygen atoms in total.